The van der Waals surface area contributed by atoms with E-state index in [0.717, 1.165) is 12.8 Å². The molecular weight excluding hydrogens is 268 g/mol. The van der Waals surface area contributed by atoms with Gasteiger partial charge in [-0.05, 0) is 39.5 Å². The highest BCUT2D eigenvalue weighted by molar-refractivity contribution is 5.68. The Balaban J connectivity index is 2.46. The van der Waals surface area contributed by atoms with Crippen LogP contribution in [0.15, 0.2) is 0 Å². The van der Waals surface area contributed by atoms with Crippen molar-refractivity contribution < 1.29 is 14.6 Å². The van der Waals surface area contributed by atoms with E-state index < -0.39 is 24.0 Å². The molecule has 0 heterocycles. The maximum absolute atomic E-state index is 12.0. The van der Waals surface area contributed by atoms with Gasteiger partial charge in [0, 0.05) is 13.5 Å². The second kappa shape index (κ2) is 7.99. The van der Waals surface area contributed by atoms with Crippen molar-refractivity contribution >= 4 is 6.09 Å². The van der Waals surface area contributed by atoms with E-state index in [1.165, 1.54) is 30.6 Å². The Hall–Kier alpha value is -0.810. The van der Waals surface area contributed by atoms with Gasteiger partial charge < -0.3 is 15.6 Å². The highest BCUT2D eigenvalue weighted by atomic mass is 16.6. The topological polar surface area (TPSA) is 75.8 Å². The minimum atomic E-state index is -0.537. The Morgan fingerprint density at radius 3 is 2.29 bits per heavy atom. The van der Waals surface area contributed by atoms with Crippen molar-refractivity contribution in [1.82, 2.24) is 4.90 Å². The first-order valence-electron chi connectivity index (χ1n) is 8.10. The molecule has 0 spiro atoms. The standard InChI is InChI=1S/C16H32N2O3/c1-16(2,3)21-15(20)18(4)14(17)11-13(19)12-9-7-5-6-8-10-12/h12-14,19H,5-11,17H2,1-4H3/t13-,14?/m1/s1. The lowest BCUT2D eigenvalue weighted by Crippen LogP contribution is -2.47. The molecule has 0 aliphatic heterocycles. The third kappa shape index (κ3) is 6.66. The fraction of sp³-hybridized carbons (Fsp3) is 0.938. The van der Waals surface area contributed by atoms with Crippen LogP contribution in [-0.4, -0.2) is 41.0 Å². The van der Waals surface area contributed by atoms with Gasteiger partial charge in [0.1, 0.15) is 5.60 Å². The van der Waals surface area contributed by atoms with E-state index in [-0.39, 0.29) is 0 Å². The van der Waals surface area contributed by atoms with Crippen LogP contribution in [0.4, 0.5) is 4.79 Å². The van der Waals surface area contributed by atoms with Gasteiger partial charge >= 0.3 is 6.09 Å². The summed E-state index contributed by atoms with van der Waals surface area (Å²) in [4.78, 5) is 13.3. The summed E-state index contributed by atoms with van der Waals surface area (Å²) in [6.45, 7) is 5.47. The molecule has 1 fully saturated rings. The summed E-state index contributed by atoms with van der Waals surface area (Å²) in [5, 5.41) is 10.4. The van der Waals surface area contributed by atoms with Gasteiger partial charge in [0.25, 0.3) is 0 Å². The SMILES string of the molecule is CN(C(=O)OC(C)(C)C)C(N)C[C@@H](O)C1CCCCCC1. The third-order valence-electron chi connectivity index (χ3n) is 4.11. The van der Waals surface area contributed by atoms with Crippen molar-refractivity contribution in [3.05, 3.63) is 0 Å². The lowest BCUT2D eigenvalue weighted by atomic mass is 9.91. The summed E-state index contributed by atoms with van der Waals surface area (Å²) in [5.74, 6) is 0.311. The van der Waals surface area contributed by atoms with Crippen LogP contribution < -0.4 is 5.73 Å². The summed E-state index contributed by atoms with van der Waals surface area (Å²) in [5.41, 5.74) is 5.51. The van der Waals surface area contributed by atoms with Gasteiger partial charge in [0.05, 0.1) is 12.3 Å². The fourth-order valence-electron chi connectivity index (χ4n) is 2.76. The number of nitrogens with zero attached hydrogens (tertiary/aromatic N) is 1. The molecular formula is C16H32N2O3. The Kier molecular flexibility index (Phi) is 6.94. The van der Waals surface area contributed by atoms with Gasteiger partial charge in [-0.2, -0.15) is 0 Å². The van der Waals surface area contributed by atoms with E-state index in [9.17, 15) is 9.90 Å². The molecule has 124 valence electrons. The number of aliphatic hydroxyl groups excluding tert-OH is 1. The highest BCUT2D eigenvalue weighted by Crippen LogP contribution is 2.27. The van der Waals surface area contributed by atoms with E-state index in [0.29, 0.717) is 12.3 Å². The summed E-state index contributed by atoms with van der Waals surface area (Å²) >= 11 is 0. The van der Waals surface area contributed by atoms with E-state index in [1.54, 1.807) is 7.05 Å². The summed E-state index contributed by atoms with van der Waals surface area (Å²) in [6.07, 6.45) is 6.00. The van der Waals surface area contributed by atoms with Crippen molar-refractivity contribution in [1.29, 1.82) is 0 Å². The molecule has 1 aliphatic carbocycles. The Labute approximate surface area is 128 Å². The molecule has 5 nitrogen and oxygen atoms in total. The Bertz CT molecular complexity index is 320. The highest BCUT2D eigenvalue weighted by Gasteiger charge is 2.28. The van der Waals surface area contributed by atoms with Crippen LogP contribution in [0.2, 0.25) is 0 Å². The van der Waals surface area contributed by atoms with Crippen molar-refractivity contribution in [2.75, 3.05) is 7.05 Å². The predicted octanol–water partition coefficient (Wildman–Crippen LogP) is 2.86. The molecule has 0 aromatic heterocycles. The molecule has 0 radical (unpaired) electrons. The van der Waals surface area contributed by atoms with Gasteiger partial charge in [-0.3, -0.25) is 4.90 Å². The van der Waals surface area contributed by atoms with E-state index >= 15 is 0 Å². The van der Waals surface area contributed by atoms with Crippen LogP contribution in [0.1, 0.15) is 65.7 Å². The molecule has 1 unspecified atom stereocenters. The average Bonchev–Trinajstić information content (AvgIpc) is 2.64. The molecule has 0 aromatic carbocycles. The normalized spacial score (nSPS) is 20.5. The van der Waals surface area contributed by atoms with E-state index in [2.05, 4.69) is 0 Å². The smallest absolute Gasteiger partial charge is 0.411 e. The minimum absolute atomic E-state index is 0.311. The van der Waals surface area contributed by atoms with Gasteiger partial charge in [0.2, 0.25) is 0 Å². The molecule has 1 rings (SSSR count). The Morgan fingerprint density at radius 2 is 1.81 bits per heavy atom. The van der Waals surface area contributed by atoms with Crippen LogP contribution in [0.3, 0.4) is 0 Å². The minimum Gasteiger partial charge on any atom is -0.444 e. The lowest BCUT2D eigenvalue weighted by Gasteiger charge is -2.31. The number of carbonyl (C=O) groups is 1. The quantitative estimate of drug-likeness (QED) is 0.618. The molecule has 0 saturated heterocycles. The van der Waals surface area contributed by atoms with Crippen molar-refractivity contribution in [2.24, 2.45) is 11.7 Å². The molecule has 21 heavy (non-hydrogen) atoms. The van der Waals surface area contributed by atoms with Gasteiger partial charge in [0.15, 0.2) is 0 Å². The molecule has 3 N–H and O–H groups in total. The number of hydrogen-bond acceptors (Lipinski definition) is 4. The molecule has 1 aliphatic rings. The van der Waals surface area contributed by atoms with E-state index in [4.69, 9.17) is 10.5 Å². The maximum Gasteiger partial charge on any atom is 0.411 e. The van der Waals surface area contributed by atoms with Gasteiger partial charge in [-0.1, -0.05) is 25.7 Å². The van der Waals surface area contributed by atoms with Crippen molar-refractivity contribution in [3.63, 3.8) is 0 Å². The number of aliphatic hydroxyl groups is 1. The first kappa shape index (κ1) is 18.2. The second-order valence-electron chi connectivity index (χ2n) is 7.21. The van der Waals surface area contributed by atoms with Crippen LogP contribution in [0.25, 0.3) is 0 Å². The van der Waals surface area contributed by atoms with E-state index in [1.807, 2.05) is 20.8 Å². The first-order valence-corrected chi connectivity index (χ1v) is 8.10. The molecule has 5 heteroatoms. The zero-order chi connectivity index (χ0) is 16.0. The second-order valence-corrected chi connectivity index (χ2v) is 7.21. The number of nitrogens with two attached hydrogens (primary N) is 1. The molecule has 0 bridgehead atoms. The predicted molar refractivity (Wildman–Crippen MR) is 83.8 cm³/mol. The van der Waals surface area contributed by atoms with Gasteiger partial charge in [-0.25, -0.2) is 4.79 Å². The number of rotatable bonds is 4. The molecule has 0 aromatic rings. The monoisotopic (exact) mass is 300 g/mol. The van der Waals surface area contributed by atoms with Crippen LogP contribution in [0, 0.1) is 5.92 Å². The lowest BCUT2D eigenvalue weighted by molar-refractivity contribution is 0.0121. The third-order valence-corrected chi connectivity index (χ3v) is 4.11. The summed E-state index contributed by atoms with van der Waals surface area (Å²) < 4.78 is 5.29. The summed E-state index contributed by atoms with van der Waals surface area (Å²) in [7, 11) is 1.62. The number of carbonyl (C=O) groups excluding carboxylic acids is 1. The molecule has 1 amide bonds. The number of ether oxygens (including phenoxy) is 1. The Morgan fingerprint density at radius 1 is 1.29 bits per heavy atom. The molecule has 1 saturated carbocycles. The average molecular weight is 300 g/mol. The number of amides is 1. The van der Waals surface area contributed by atoms with Gasteiger partial charge in [-0.15, -0.1) is 0 Å². The number of hydrogen-bond donors (Lipinski definition) is 2. The zero-order valence-electron chi connectivity index (χ0n) is 14.0. The van der Waals surface area contributed by atoms with Crippen LogP contribution >= 0.6 is 0 Å². The fourth-order valence-corrected chi connectivity index (χ4v) is 2.76. The first-order chi connectivity index (χ1) is 9.70. The maximum atomic E-state index is 12.0. The zero-order valence-corrected chi connectivity index (χ0v) is 14.0. The molecule has 2 atom stereocenters. The summed E-state index contributed by atoms with van der Waals surface area (Å²) in [6, 6.07) is 0. The van der Waals surface area contributed by atoms with Crippen LogP contribution in [0.5, 0.6) is 0 Å². The van der Waals surface area contributed by atoms with Crippen LogP contribution in [-0.2, 0) is 4.74 Å². The van der Waals surface area contributed by atoms with Crippen molar-refractivity contribution in [3.8, 4) is 0 Å². The van der Waals surface area contributed by atoms with Crippen molar-refractivity contribution in [2.45, 2.75) is 83.6 Å². The largest absolute Gasteiger partial charge is 0.444 e.